The van der Waals surface area contributed by atoms with Gasteiger partial charge in [-0.15, -0.1) is 0 Å². The second-order valence-electron chi connectivity index (χ2n) is 5.80. The zero-order valence-electron chi connectivity index (χ0n) is 15.2. The van der Waals surface area contributed by atoms with E-state index in [1.54, 1.807) is 44.2 Å². The second kappa shape index (κ2) is 8.14. The molecule has 0 unspecified atom stereocenters. The van der Waals surface area contributed by atoms with Gasteiger partial charge in [0.1, 0.15) is 22.8 Å². The average molecular weight is 387 g/mol. The van der Waals surface area contributed by atoms with E-state index in [9.17, 15) is 4.79 Å². The van der Waals surface area contributed by atoms with Crippen molar-refractivity contribution in [1.29, 1.82) is 0 Å². The van der Waals surface area contributed by atoms with Crippen LogP contribution < -0.4 is 14.8 Å². The van der Waals surface area contributed by atoms with E-state index in [0.717, 1.165) is 5.75 Å². The smallest absolute Gasteiger partial charge is 0.261 e. The third-order valence-electron chi connectivity index (χ3n) is 3.81. The van der Waals surface area contributed by atoms with Gasteiger partial charge in [-0.05, 0) is 63.2 Å². The monoisotopic (exact) mass is 386 g/mol. The first-order valence-electron chi connectivity index (χ1n) is 8.42. The summed E-state index contributed by atoms with van der Waals surface area (Å²) in [7, 11) is 0. The lowest BCUT2D eigenvalue weighted by Gasteiger charge is -2.13. The fourth-order valence-electron chi connectivity index (χ4n) is 2.58. The van der Waals surface area contributed by atoms with Gasteiger partial charge in [-0.1, -0.05) is 16.8 Å². The second-order valence-corrected chi connectivity index (χ2v) is 6.24. The number of hydrogen-bond acceptors (Lipinski definition) is 5. The molecule has 0 atom stereocenters. The van der Waals surface area contributed by atoms with Crippen molar-refractivity contribution < 1.29 is 18.8 Å². The van der Waals surface area contributed by atoms with Gasteiger partial charge in [0, 0.05) is 5.02 Å². The number of amides is 1. The van der Waals surface area contributed by atoms with Crippen LogP contribution in [0.2, 0.25) is 5.02 Å². The summed E-state index contributed by atoms with van der Waals surface area (Å²) in [5.74, 6) is 1.93. The molecule has 0 saturated heterocycles. The first kappa shape index (κ1) is 18.8. The summed E-state index contributed by atoms with van der Waals surface area (Å²) in [5, 5.41) is 7.09. The van der Waals surface area contributed by atoms with Crippen LogP contribution in [0.25, 0.3) is 0 Å². The minimum Gasteiger partial charge on any atom is -0.494 e. The normalized spacial score (nSPS) is 10.5. The number of halogens is 1. The van der Waals surface area contributed by atoms with Crippen LogP contribution in [-0.2, 0) is 0 Å². The van der Waals surface area contributed by atoms with Crippen LogP contribution in [0.15, 0.2) is 47.0 Å². The van der Waals surface area contributed by atoms with Crippen molar-refractivity contribution in [3.8, 4) is 17.2 Å². The number of nitrogens with one attached hydrogen (secondary N) is 1. The molecular formula is C20H19ClN2O4. The number of hydrogen-bond donors (Lipinski definition) is 1. The van der Waals surface area contributed by atoms with Crippen molar-refractivity contribution >= 4 is 23.2 Å². The third kappa shape index (κ3) is 4.41. The third-order valence-corrected chi connectivity index (χ3v) is 4.05. The Morgan fingerprint density at radius 1 is 1.15 bits per heavy atom. The molecular weight excluding hydrogens is 368 g/mol. The van der Waals surface area contributed by atoms with Crippen molar-refractivity contribution in [1.82, 2.24) is 5.16 Å². The zero-order chi connectivity index (χ0) is 19.4. The standard InChI is InChI=1S/C20H19ClN2O4/c1-4-25-15-6-8-16(9-7-15)26-18-10-5-14(21)11-17(18)22-20(24)19-12(2)23-27-13(19)3/h5-11H,4H2,1-3H3,(H,22,24). The van der Waals surface area contributed by atoms with Crippen LogP contribution in [-0.4, -0.2) is 17.7 Å². The van der Waals surface area contributed by atoms with E-state index in [1.807, 2.05) is 19.1 Å². The summed E-state index contributed by atoms with van der Waals surface area (Å²) in [5.41, 5.74) is 1.35. The molecule has 3 aromatic rings. The predicted octanol–water partition coefficient (Wildman–Crippen LogP) is 5.39. The molecule has 0 aliphatic rings. The molecule has 1 amide bonds. The molecule has 0 fully saturated rings. The number of aromatic nitrogens is 1. The number of aryl methyl sites for hydroxylation is 2. The molecule has 1 N–H and O–H groups in total. The van der Waals surface area contributed by atoms with E-state index in [2.05, 4.69) is 10.5 Å². The largest absolute Gasteiger partial charge is 0.494 e. The van der Waals surface area contributed by atoms with E-state index in [0.29, 0.717) is 45.8 Å². The molecule has 0 radical (unpaired) electrons. The van der Waals surface area contributed by atoms with E-state index in [4.69, 9.17) is 25.6 Å². The van der Waals surface area contributed by atoms with E-state index in [1.165, 1.54) is 0 Å². The molecule has 0 saturated carbocycles. The molecule has 0 bridgehead atoms. The minimum atomic E-state index is -0.343. The number of benzene rings is 2. The Kier molecular flexibility index (Phi) is 5.66. The number of nitrogens with zero attached hydrogens (tertiary/aromatic N) is 1. The molecule has 1 heterocycles. The Morgan fingerprint density at radius 3 is 2.48 bits per heavy atom. The topological polar surface area (TPSA) is 73.6 Å². The van der Waals surface area contributed by atoms with Gasteiger partial charge >= 0.3 is 0 Å². The summed E-state index contributed by atoms with van der Waals surface area (Å²) in [6.45, 7) is 5.91. The predicted molar refractivity (Wildman–Crippen MR) is 103 cm³/mol. The van der Waals surface area contributed by atoms with E-state index in [-0.39, 0.29) is 5.91 Å². The lowest BCUT2D eigenvalue weighted by molar-refractivity contribution is 0.102. The number of rotatable bonds is 6. The number of carbonyl (C=O) groups excluding carboxylic acids is 1. The van der Waals surface area contributed by atoms with Crippen molar-refractivity contribution in [2.24, 2.45) is 0 Å². The van der Waals surface area contributed by atoms with Gasteiger partial charge in [0.05, 0.1) is 18.0 Å². The molecule has 0 aliphatic heterocycles. The van der Waals surface area contributed by atoms with Crippen LogP contribution in [0.4, 0.5) is 5.69 Å². The summed E-state index contributed by atoms with van der Waals surface area (Å²) in [6, 6.07) is 12.2. The molecule has 140 valence electrons. The SMILES string of the molecule is CCOc1ccc(Oc2ccc(Cl)cc2NC(=O)c2c(C)noc2C)cc1. The number of anilines is 1. The van der Waals surface area contributed by atoms with E-state index >= 15 is 0 Å². The van der Waals surface area contributed by atoms with Gasteiger partial charge in [0.15, 0.2) is 5.75 Å². The van der Waals surface area contributed by atoms with Crippen LogP contribution in [0.1, 0.15) is 28.7 Å². The Bertz CT molecular complexity index is 932. The highest BCUT2D eigenvalue weighted by molar-refractivity contribution is 6.31. The van der Waals surface area contributed by atoms with Gasteiger partial charge in [0.25, 0.3) is 5.91 Å². The summed E-state index contributed by atoms with van der Waals surface area (Å²) < 4.78 is 16.4. The highest BCUT2D eigenvalue weighted by Gasteiger charge is 2.19. The van der Waals surface area contributed by atoms with Gasteiger partial charge in [-0.3, -0.25) is 4.79 Å². The van der Waals surface area contributed by atoms with Gasteiger partial charge in [-0.25, -0.2) is 0 Å². The van der Waals surface area contributed by atoms with Crippen LogP contribution in [0, 0.1) is 13.8 Å². The Labute approximate surface area is 162 Å². The summed E-state index contributed by atoms with van der Waals surface area (Å²) >= 11 is 6.09. The average Bonchev–Trinajstić information content (AvgIpc) is 2.97. The van der Waals surface area contributed by atoms with Crippen molar-refractivity contribution in [3.63, 3.8) is 0 Å². The molecule has 2 aromatic carbocycles. The van der Waals surface area contributed by atoms with Crippen LogP contribution in [0.5, 0.6) is 17.2 Å². The van der Waals surface area contributed by atoms with Gasteiger partial charge in [-0.2, -0.15) is 0 Å². The lowest BCUT2D eigenvalue weighted by atomic mass is 10.2. The Morgan fingerprint density at radius 2 is 1.85 bits per heavy atom. The summed E-state index contributed by atoms with van der Waals surface area (Å²) in [4.78, 5) is 12.6. The molecule has 6 nitrogen and oxygen atoms in total. The summed E-state index contributed by atoms with van der Waals surface area (Å²) in [6.07, 6.45) is 0. The molecule has 1 aromatic heterocycles. The molecule has 7 heteroatoms. The van der Waals surface area contributed by atoms with Crippen molar-refractivity contribution in [2.75, 3.05) is 11.9 Å². The van der Waals surface area contributed by atoms with Gasteiger partial charge in [0.2, 0.25) is 0 Å². The maximum atomic E-state index is 12.6. The van der Waals surface area contributed by atoms with E-state index < -0.39 is 0 Å². The van der Waals surface area contributed by atoms with Crippen molar-refractivity contribution in [3.05, 3.63) is 64.5 Å². The Hall–Kier alpha value is -2.99. The quantitative estimate of drug-likeness (QED) is 0.615. The fraction of sp³-hybridized carbons (Fsp3) is 0.200. The highest BCUT2D eigenvalue weighted by Crippen LogP contribution is 2.33. The van der Waals surface area contributed by atoms with Gasteiger partial charge < -0.3 is 19.3 Å². The maximum Gasteiger partial charge on any atom is 0.261 e. The van der Waals surface area contributed by atoms with Crippen LogP contribution >= 0.6 is 11.6 Å². The number of ether oxygens (including phenoxy) is 2. The zero-order valence-corrected chi connectivity index (χ0v) is 16.0. The highest BCUT2D eigenvalue weighted by atomic mass is 35.5. The molecule has 27 heavy (non-hydrogen) atoms. The lowest BCUT2D eigenvalue weighted by Crippen LogP contribution is -2.14. The first-order valence-corrected chi connectivity index (χ1v) is 8.80. The fourth-order valence-corrected chi connectivity index (χ4v) is 2.75. The maximum absolute atomic E-state index is 12.6. The number of carbonyl (C=O) groups is 1. The molecule has 0 spiro atoms. The molecule has 3 rings (SSSR count). The van der Waals surface area contributed by atoms with Crippen LogP contribution in [0.3, 0.4) is 0 Å². The van der Waals surface area contributed by atoms with Crippen molar-refractivity contribution in [2.45, 2.75) is 20.8 Å². The molecule has 0 aliphatic carbocycles. The first-order chi connectivity index (χ1) is 13.0. The Balaban J connectivity index is 1.84. The minimum absolute atomic E-state index is 0.343.